The maximum absolute atomic E-state index is 13.2. The number of piperidine rings is 2. The fraction of sp³-hybridized carbons (Fsp3) is 0.417. The molecule has 0 bridgehead atoms. The van der Waals surface area contributed by atoms with E-state index in [1.165, 1.54) is 12.1 Å². The van der Waals surface area contributed by atoms with Crippen LogP contribution >= 0.6 is 0 Å². The molecule has 4 nitrogen and oxygen atoms in total. The summed E-state index contributed by atoms with van der Waals surface area (Å²) in [7, 11) is 0. The van der Waals surface area contributed by atoms with Gasteiger partial charge >= 0.3 is 0 Å². The SMILES string of the molecule is O=C(c1ccc(F)cc1)N1CCCC(C2CCCCN2C(=O)c2ccccc2)C1. The van der Waals surface area contributed by atoms with E-state index in [0.29, 0.717) is 18.7 Å². The highest BCUT2D eigenvalue weighted by Gasteiger charge is 2.36. The Labute approximate surface area is 171 Å². The first-order chi connectivity index (χ1) is 14.1. The summed E-state index contributed by atoms with van der Waals surface area (Å²) in [6, 6.07) is 15.4. The van der Waals surface area contributed by atoms with Gasteiger partial charge in [-0.2, -0.15) is 0 Å². The molecule has 2 aromatic carbocycles. The maximum atomic E-state index is 13.2. The van der Waals surface area contributed by atoms with Crippen molar-refractivity contribution in [1.29, 1.82) is 0 Å². The average Bonchev–Trinajstić information content (AvgIpc) is 2.79. The Bertz CT molecular complexity index is 853. The second-order valence-electron chi connectivity index (χ2n) is 8.09. The lowest BCUT2D eigenvalue weighted by molar-refractivity contribution is 0.0349. The molecule has 2 aromatic rings. The summed E-state index contributed by atoms with van der Waals surface area (Å²) in [5.74, 6) is -0.0137. The second-order valence-corrected chi connectivity index (χ2v) is 8.09. The summed E-state index contributed by atoms with van der Waals surface area (Å²) in [6.07, 6.45) is 5.09. The van der Waals surface area contributed by atoms with Crippen molar-refractivity contribution in [2.45, 2.75) is 38.1 Å². The molecule has 29 heavy (non-hydrogen) atoms. The summed E-state index contributed by atoms with van der Waals surface area (Å²) >= 11 is 0. The van der Waals surface area contributed by atoms with Crippen molar-refractivity contribution in [3.8, 4) is 0 Å². The summed E-state index contributed by atoms with van der Waals surface area (Å²) in [4.78, 5) is 29.9. The largest absolute Gasteiger partial charge is 0.338 e. The van der Waals surface area contributed by atoms with E-state index >= 15 is 0 Å². The lowest BCUT2D eigenvalue weighted by Crippen LogP contribution is -2.52. The van der Waals surface area contributed by atoms with E-state index in [2.05, 4.69) is 0 Å². The topological polar surface area (TPSA) is 40.6 Å². The minimum Gasteiger partial charge on any atom is -0.338 e. The van der Waals surface area contributed by atoms with Crippen molar-refractivity contribution in [1.82, 2.24) is 9.80 Å². The quantitative estimate of drug-likeness (QED) is 0.776. The van der Waals surface area contributed by atoms with Crippen molar-refractivity contribution in [2.75, 3.05) is 19.6 Å². The Morgan fingerprint density at radius 1 is 0.793 bits per heavy atom. The van der Waals surface area contributed by atoms with E-state index in [1.54, 1.807) is 12.1 Å². The smallest absolute Gasteiger partial charge is 0.254 e. The molecule has 0 spiro atoms. The number of carbonyl (C=O) groups excluding carboxylic acids is 2. The lowest BCUT2D eigenvalue weighted by atomic mass is 9.84. The number of likely N-dealkylation sites (tertiary alicyclic amines) is 2. The van der Waals surface area contributed by atoms with Gasteiger partial charge in [-0.25, -0.2) is 4.39 Å². The second kappa shape index (κ2) is 8.76. The van der Waals surface area contributed by atoms with Crippen molar-refractivity contribution < 1.29 is 14.0 Å². The van der Waals surface area contributed by atoms with Crippen LogP contribution in [0.15, 0.2) is 54.6 Å². The average molecular weight is 394 g/mol. The molecular formula is C24H27FN2O2. The van der Waals surface area contributed by atoms with Crippen LogP contribution in [0.1, 0.15) is 52.8 Å². The van der Waals surface area contributed by atoms with Crippen LogP contribution in [0.4, 0.5) is 4.39 Å². The molecule has 0 aliphatic carbocycles. The number of hydrogen-bond acceptors (Lipinski definition) is 2. The van der Waals surface area contributed by atoms with Crippen LogP contribution in [-0.2, 0) is 0 Å². The van der Waals surface area contributed by atoms with Gasteiger partial charge in [0.05, 0.1) is 0 Å². The van der Waals surface area contributed by atoms with E-state index in [4.69, 9.17) is 0 Å². The highest BCUT2D eigenvalue weighted by Crippen LogP contribution is 2.31. The van der Waals surface area contributed by atoms with Crippen molar-refractivity contribution in [3.63, 3.8) is 0 Å². The minimum absolute atomic E-state index is 0.0496. The molecule has 2 amide bonds. The number of hydrogen-bond donors (Lipinski definition) is 0. The Hall–Kier alpha value is -2.69. The van der Waals surface area contributed by atoms with Crippen LogP contribution in [0.5, 0.6) is 0 Å². The third-order valence-electron chi connectivity index (χ3n) is 6.21. The zero-order valence-electron chi connectivity index (χ0n) is 16.6. The molecule has 2 heterocycles. The van der Waals surface area contributed by atoms with Crippen molar-refractivity contribution in [2.24, 2.45) is 5.92 Å². The number of carbonyl (C=O) groups is 2. The van der Waals surface area contributed by atoms with Crippen LogP contribution < -0.4 is 0 Å². The number of amides is 2. The molecule has 2 atom stereocenters. The van der Waals surface area contributed by atoms with Gasteiger partial charge < -0.3 is 9.80 Å². The highest BCUT2D eigenvalue weighted by molar-refractivity contribution is 5.95. The van der Waals surface area contributed by atoms with Gasteiger partial charge in [0.15, 0.2) is 0 Å². The Balaban J connectivity index is 1.49. The third kappa shape index (κ3) is 4.34. The fourth-order valence-electron chi connectivity index (χ4n) is 4.73. The molecule has 0 radical (unpaired) electrons. The summed E-state index contributed by atoms with van der Waals surface area (Å²) in [6.45, 7) is 2.15. The number of benzene rings is 2. The molecule has 2 fully saturated rings. The van der Waals surface area contributed by atoms with Crippen LogP contribution in [0.2, 0.25) is 0 Å². The molecule has 2 saturated heterocycles. The van der Waals surface area contributed by atoms with Gasteiger partial charge in [0.25, 0.3) is 11.8 Å². The first-order valence-electron chi connectivity index (χ1n) is 10.5. The number of halogens is 1. The molecule has 5 heteroatoms. The first-order valence-corrected chi connectivity index (χ1v) is 10.5. The van der Waals surface area contributed by atoms with Gasteiger partial charge in [-0.3, -0.25) is 9.59 Å². The standard InChI is InChI=1S/C24H27FN2O2/c25-21-13-11-19(12-14-21)23(28)26-15-6-9-20(17-26)22-10-4-5-16-27(22)24(29)18-7-2-1-3-8-18/h1-3,7-8,11-14,20,22H,4-6,9-10,15-17H2. The molecule has 0 N–H and O–H groups in total. The van der Waals surface area contributed by atoms with Gasteiger partial charge in [0.1, 0.15) is 5.82 Å². The number of nitrogens with zero attached hydrogens (tertiary/aromatic N) is 2. The molecule has 0 aromatic heterocycles. The van der Waals surface area contributed by atoms with E-state index in [9.17, 15) is 14.0 Å². The van der Waals surface area contributed by atoms with Gasteiger partial charge in [0.2, 0.25) is 0 Å². The van der Waals surface area contributed by atoms with Crippen LogP contribution in [0, 0.1) is 11.7 Å². The Kier molecular flexibility index (Phi) is 5.93. The predicted molar refractivity (Wildman–Crippen MR) is 110 cm³/mol. The molecule has 2 aliphatic heterocycles. The Morgan fingerprint density at radius 3 is 2.28 bits per heavy atom. The summed E-state index contributed by atoms with van der Waals surface area (Å²) in [5.41, 5.74) is 1.25. The minimum atomic E-state index is -0.338. The molecule has 4 rings (SSSR count). The predicted octanol–water partition coefficient (Wildman–Crippen LogP) is 4.37. The maximum Gasteiger partial charge on any atom is 0.254 e. The van der Waals surface area contributed by atoms with Gasteiger partial charge in [-0.1, -0.05) is 18.2 Å². The molecular weight excluding hydrogens is 367 g/mol. The van der Waals surface area contributed by atoms with Gasteiger partial charge in [-0.05, 0) is 74.4 Å². The zero-order valence-corrected chi connectivity index (χ0v) is 16.6. The lowest BCUT2D eigenvalue weighted by Gasteiger charge is -2.44. The van der Waals surface area contributed by atoms with E-state index in [1.807, 2.05) is 40.1 Å². The van der Waals surface area contributed by atoms with Crippen LogP contribution in [0.3, 0.4) is 0 Å². The first kappa shape index (κ1) is 19.6. The van der Waals surface area contributed by atoms with Crippen LogP contribution in [-0.4, -0.2) is 47.3 Å². The van der Waals surface area contributed by atoms with E-state index in [0.717, 1.165) is 44.2 Å². The van der Waals surface area contributed by atoms with Gasteiger partial charge in [0, 0.05) is 36.8 Å². The highest BCUT2D eigenvalue weighted by atomic mass is 19.1. The molecule has 2 aliphatic rings. The Morgan fingerprint density at radius 2 is 1.52 bits per heavy atom. The zero-order chi connectivity index (χ0) is 20.2. The fourth-order valence-corrected chi connectivity index (χ4v) is 4.73. The van der Waals surface area contributed by atoms with Crippen LogP contribution in [0.25, 0.3) is 0 Å². The van der Waals surface area contributed by atoms with E-state index < -0.39 is 0 Å². The monoisotopic (exact) mass is 394 g/mol. The van der Waals surface area contributed by atoms with Gasteiger partial charge in [-0.15, -0.1) is 0 Å². The number of rotatable bonds is 3. The normalized spacial score (nSPS) is 22.4. The summed E-state index contributed by atoms with van der Waals surface area (Å²) in [5, 5.41) is 0. The summed E-state index contributed by atoms with van der Waals surface area (Å²) < 4.78 is 13.2. The van der Waals surface area contributed by atoms with Crippen molar-refractivity contribution in [3.05, 3.63) is 71.5 Å². The van der Waals surface area contributed by atoms with E-state index in [-0.39, 0.29) is 29.6 Å². The van der Waals surface area contributed by atoms with Crippen molar-refractivity contribution >= 4 is 11.8 Å². The molecule has 0 saturated carbocycles. The molecule has 2 unspecified atom stereocenters. The third-order valence-corrected chi connectivity index (χ3v) is 6.21. The molecule has 152 valence electrons.